The Morgan fingerprint density at radius 1 is 1.16 bits per heavy atom. The van der Waals surface area contributed by atoms with Gasteiger partial charge in [0.25, 0.3) is 5.91 Å². The second-order valence-corrected chi connectivity index (χ2v) is 8.16. The van der Waals surface area contributed by atoms with Gasteiger partial charge in [0.15, 0.2) is 11.9 Å². The van der Waals surface area contributed by atoms with Crippen molar-refractivity contribution in [2.75, 3.05) is 35.7 Å². The summed E-state index contributed by atoms with van der Waals surface area (Å²) in [7, 11) is 1.42. The molecule has 3 aromatic rings. The van der Waals surface area contributed by atoms with Crippen molar-refractivity contribution in [2.45, 2.75) is 25.5 Å². The standard InChI is InChI=1S/C20H22FN7O2S/c1-12-3-8-16(25-24-12)28-10-9-15(11-28)22-19-26-27-20(31-19)23-18(29)17(30-2)13-4-6-14(21)7-5-13/h3-8,15,17H,9-11H2,1-2H3,(H,22,26)(H,23,27,29)/t15-,17-/m1/s1. The van der Waals surface area contributed by atoms with Crippen molar-refractivity contribution in [2.24, 2.45) is 0 Å². The molecule has 0 saturated carbocycles. The Kier molecular flexibility index (Phi) is 6.33. The molecule has 1 aliphatic rings. The SMILES string of the molecule is CO[C@@H](C(=O)Nc1nnc(N[C@@H]2CCN(c3ccc(C)nn3)C2)s1)c1ccc(F)cc1. The lowest BCUT2D eigenvalue weighted by molar-refractivity contribution is -0.126. The number of hydrogen-bond donors (Lipinski definition) is 2. The number of carbonyl (C=O) groups excluding carboxylic acids is 1. The van der Waals surface area contributed by atoms with Crippen molar-refractivity contribution >= 4 is 33.3 Å². The van der Waals surface area contributed by atoms with E-state index in [2.05, 4.69) is 35.9 Å². The highest BCUT2D eigenvalue weighted by atomic mass is 32.1. The van der Waals surface area contributed by atoms with E-state index >= 15 is 0 Å². The monoisotopic (exact) mass is 443 g/mol. The van der Waals surface area contributed by atoms with E-state index in [1.807, 2.05) is 19.1 Å². The molecule has 0 bridgehead atoms. The summed E-state index contributed by atoms with van der Waals surface area (Å²) in [4.78, 5) is 14.7. The number of carbonyl (C=O) groups is 1. The Labute approximate surface area is 182 Å². The maximum Gasteiger partial charge on any atom is 0.259 e. The van der Waals surface area contributed by atoms with Gasteiger partial charge in [-0.1, -0.05) is 23.5 Å². The Hall–Kier alpha value is -3.18. The molecule has 0 unspecified atom stereocenters. The van der Waals surface area contributed by atoms with Gasteiger partial charge < -0.3 is 15.0 Å². The van der Waals surface area contributed by atoms with Gasteiger partial charge in [0, 0.05) is 26.2 Å². The van der Waals surface area contributed by atoms with E-state index in [1.165, 1.54) is 42.7 Å². The molecule has 9 nitrogen and oxygen atoms in total. The maximum atomic E-state index is 13.1. The second kappa shape index (κ2) is 9.31. The molecule has 2 aromatic heterocycles. The molecule has 0 aliphatic carbocycles. The normalized spacial score (nSPS) is 16.9. The van der Waals surface area contributed by atoms with Crippen molar-refractivity contribution in [3.63, 3.8) is 0 Å². The molecule has 1 amide bonds. The molecule has 4 rings (SSSR count). The number of halogens is 1. The first-order valence-corrected chi connectivity index (χ1v) is 10.6. The van der Waals surface area contributed by atoms with Crippen LogP contribution in [0.2, 0.25) is 0 Å². The minimum absolute atomic E-state index is 0.186. The Bertz CT molecular complexity index is 1030. The molecule has 3 heterocycles. The zero-order chi connectivity index (χ0) is 21.8. The minimum atomic E-state index is -0.875. The Morgan fingerprint density at radius 2 is 1.94 bits per heavy atom. The lowest BCUT2D eigenvalue weighted by Crippen LogP contribution is -2.26. The second-order valence-electron chi connectivity index (χ2n) is 7.18. The van der Waals surface area contributed by atoms with E-state index in [9.17, 15) is 9.18 Å². The van der Waals surface area contributed by atoms with Gasteiger partial charge in [-0.3, -0.25) is 10.1 Å². The van der Waals surface area contributed by atoms with Gasteiger partial charge in [-0.15, -0.1) is 15.3 Å². The topological polar surface area (TPSA) is 105 Å². The summed E-state index contributed by atoms with van der Waals surface area (Å²) in [5, 5.41) is 23.5. The lowest BCUT2D eigenvalue weighted by atomic mass is 10.1. The van der Waals surface area contributed by atoms with Gasteiger partial charge in [0.2, 0.25) is 10.3 Å². The van der Waals surface area contributed by atoms with Crippen LogP contribution in [0.15, 0.2) is 36.4 Å². The van der Waals surface area contributed by atoms with Gasteiger partial charge >= 0.3 is 0 Å². The predicted molar refractivity (Wildman–Crippen MR) is 116 cm³/mol. The number of aromatic nitrogens is 4. The zero-order valence-electron chi connectivity index (χ0n) is 17.1. The van der Waals surface area contributed by atoms with Crippen molar-refractivity contribution < 1.29 is 13.9 Å². The fraction of sp³-hybridized carbons (Fsp3) is 0.350. The smallest absolute Gasteiger partial charge is 0.259 e. The first kappa shape index (κ1) is 21.1. The molecule has 31 heavy (non-hydrogen) atoms. The number of nitrogens with zero attached hydrogens (tertiary/aromatic N) is 5. The number of anilines is 3. The average molecular weight is 444 g/mol. The summed E-state index contributed by atoms with van der Waals surface area (Å²) in [6.45, 7) is 3.55. The highest BCUT2D eigenvalue weighted by Crippen LogP contribution is 2.26. The van der Waals surface area contributed by atoms with E-state index < -0.39 is 12.0 Å². The van der Waals surface area contributed by atoms with Crippen LogP contribution < -0.4 is 15.5 Å². The van der Waals surface area contributed by atoms with Crippen molar-refractivity contribution in [1.29, 1.82) is 0 Å². The summed E-state index contributed by atoms with van der Waals surface area (Å²) in [6.07, 6.45) is 0.0487. The van der Waals surface area contributed by atoms with E-state index in [4.69, 9.17) is 4.74 Å². The Balaban J connectivity index is 1.33. The quantitative estimate of drug-likeness (QED) is 0.574. The lowest BCUT2D eigenvalue weighted by Gasteiger charge is -2.17. The minimum Gasteiger partial charge on any atom is -0.367 e. The summed E-state index contributed by atoms with van der Waals surface area (Å²) < 4.78 is 18.4. The van der Waals surface area contributed by atoms with Crippen LogP contribution >= 0.6 is 11.3 Å². The molecular formula is C20H22FN7O2S. The molecule has 0 radical (unpaired) electrons. The highest BCUT2D eigenvalue weighted by molar-refractivity contribution is 7.19. The third-order valence-corrected chi connectivity index (χ3v) is 5.70. The number of aryl methyl sites for hydroxylation is 1. The predicted octanol–water partition coefficient (Wildman–Crippen LogP) is 2.79. The van der Waals surface area contributed by atoms with Crippen molar-refractivity contribution in [3.05, 3.63) is 53.5 Å². The van der Waals surface area contributed by atoms with Gasteiger partial charge in [-0.05, 0) is 43.2 Å². The van der Waals surface area contributed by atoms with E-state index in [0.717, 1.165) is 31.0 Å². The van der Waals surface area contributed by atoms with Crippen LogP contribution in [0.4, 0.5) is 20.5 Å². The summed E-state index contributed by atoms with van der Waals surface area (Å²) >= 11 is 1.25. The largest absolute Gasteiger partial charge is 0.367 e. The molecule has 1 aromatic carbocycles. The maximum absolute atomic E-state index is 13.1. The first-order chi connectivity index (χ1) is 15.0. The molecule has 1 saturated heterocycles. The molecule has 11 heteroatoms. The van der Waals surface area contributed by atoms with Gasteiger partial charge in [-0.25, -0.2) is 4.39 Å². The highest BCUT2D eigenvalue weighted by Gasteiger charge is 2.25. The van der Waals surface area contributed by atoms with E-state index in [0.29, 0.717) is 15.8 Å². The van der Waals surface area contributed by atoms with Crippen molar-refractivity contribution in [3.8, 4) is 0 Å². The van der Waals surface area contributed by atoms with E-state index in [-0.39, 0.29) is 11.9 Å². The first-order valence-electron chi connectivity index (χ1n) is 9.76. The van der Waals surface area contributed by atoms with Crippen LogP contribution in [-0.2, 0) is 9.53 Å². The Morgan fingerprint density at radius 3 is 2.65 bits per heavy atom. The number of benzene rings is 1. The number of methoxy groups -OCH3 is 1. The van der Waals surface area contributed by atoms with Gasteiger partial charge in [0.05, 0.1) is 5.69 Å². The molecule has 162 valence electrons. The molecule has 0 spiro atoms. The average Bonchev–Trinajstić information content (AvgIpc) is 3.40. The number of nitrogens with one attached hydrogen (secondary N) is 2. The molecule has 1 aliphatic heterocycles. The van der Waals surface area contributed by atoms with Crippen LogP contribution in [0.1, 0.15) is 23.8 Å². The summed E-state index contributed by atoms with van der Waals surface area (Å²) in [6, 6.07) is 9.70. The van der Waals surface area contributed by atoms with Gasteiger partial charge in [0.1, 0.15) is 5.82 Å². The number of hydrogen-bond acceptors (Lipinski definition) is 9. The molecule has 2 atom stereocenters. The van der Waals surface area contributed by atoms with Crippen LogP contribution in [0, 0.1) is 12.7 Å². The van der Waals surface area contributed by atoms with Crippen LogP contribution in [0.5, 0.6) is 0 Å². The van der Waals surface area contributed by atoms with Crippen LogP contribution in [0.3, 0.4) is 0 Å². The number of rotatable bonds is 7. The van der Waals surface area contributed by atoms with Crippen LogP contribution in [0.25, 0.3) is 0 Å². The molecule has 2 N–H and O–H groups in total. The summed E-state index contributed by atoms with van der Waals surface area (Å²) in [5.41, 5.74) is 1.44. The summed E-state index contributed by atoms with van der Waals surface area (Å²) in [5.74, 6) is 0.0760. The third kappa shape index (κ3) is 5.12. The van der Waals surface area contributed by atoms with Crippen LogP contribution in [-0.4, -0.2) is 52.5 Å². The van der Waals surface area contributed by atoms with Crippen molar-refractivity contribution in [1.82, 2.24) is 20.4 Å². The molecule has 1 fully saturated rings. The zero-order valence-corrected chi connectivity index (χ0v) is 17.9. The van der Waals surface area contributed by atoms with E-state index in [1.54, 1.807) is 0 Å². The number of ether oxygens (including phenoxy) is 1. The fourth-order valence-corrected chi connectivity index (χ4v) is 4.08. The molecular weight excluding hydrogens is 421 g/mol. The van der Waals surface area contributed by atoms with Gasteiger partial charge in [-0.2, -0.15) is 5.10 Å². The third-order valence-electron chi connectivity index (χ3n) is 4.93. The fourth-order valence-electron chi connectivity index (χ4n) is 3.36. The number of amides is 1.